The second-order valence-electron chi connectivity index (χ2n) is 5.06. The van der Waals surface area contributed by atoms with Crippen molar-refractivity contribution in [2.75, 3.05) is 5.32 Å². The molecule has 0 aliphatic rings. The molecule has 0 aliphatic carbocycles. The molecule has 114 valence electrons. The third-order valence-electron chi connectivity index (χ3n) is 3.57. The van der Waals surface area contributed by atoms with E-state index in [1.54, 1.807) is 23.5 Å². The van der Waals surface area contributed by atoms with Gasteiger partial charge in [0.05, 0.1) is 15.4 Å². The lowest BCUT2D eigenvalue weighted by Crippen LogP contribution is -2.00. The van der Waals surface area contributed by atoms with Gasteiger partial charge in [0, 0.05) is 17.0 Å². The summed E-state index contributed by atoms with van der Waals surface area (Å²) in [5.74, 6) is 1.65. The molecule has 1 N–H and O–H groups in total. The number of nitrogens with zero attached hydrogens (tertiary/aromatic N) is 2. The lowest BCUT2D eigenvalue weighted by Gasteiger charge is -2.10. The van der Waals surface area contributed by atoms with Gasteiger partial charge in [-0.1, -0.05) is 30.1 Å². The molecule has 0 radical (unpaired) electrons. The monoisotopic (exact) mass is 351 g/mol. The van der Waals surface area contributed by atoms with Gasteiger partial charge in [-0.2, -0.15) is 0 Å². The van der Waals surface area contributed by atoms with E-state index in [2.05, 4.69) is 36.1 Å². The van der Waals surface area contributed by atoms with Gasteiger partial charge in [0.2, 0.25) is 0 Å². The molecule has 3 rings (SSSR count). The van der Waals surface area contributed by atoms with Crippen LogP contribution in [0.2, 0.25) is 10.0 Å². The lowest BCUT2D eigenvalue weighted by atomic mass is 10.2. The van der Waals surface area contributed by atoms with E-state index in [9.17, 15) is 0 Å². The van der Waals surface area contributed by atoms with E-state index in [4.69, 9.17) is 23.2 Å². The molecule has 22 heavy (non-hydrogen) atoms. The number of nitrogens with one attached hydrogen (secondary N) is 1. The maximum Gasteiger partial charge on any atom is 0.143 e. The quantitative estimate of drug-likeness (QED) is 0.636. The molecule has 0 saturated carbocycles. The summed E-state index contributed by atoms with van der Waals surface area (Å²) in [5.41, 5.74) is 2.07. The molecule has 0 bridgehead atoms. The standard InChI is InChI=1S/C16H15Cl2N3S/c1-4-13-20-15(14-8(2)9(3)22-16(14)21-13)19-10-5-6-11(17)12(18)7-10/h5-7H,4H2,1-3H3,(H,19,20,21). The summed E-state index contributed by atoms with van der Waals surface area (Å²) in [6.07, 6.45) is 0.794. The minimum atomic E-state index is 0.519. The van der Waals surface area contributed by atoms with E-state index in [0.29, 0.717) is 10.0 Å². The largest absolute Gasteiger partial charge is 0.340 e. The van der Waals surface area contributed by atoms with Gasteiger partial charge < -0.3 is 5.32 Å². The van der Waals surface area contributed by atoms with E-state index in [1.807, 2.05) is 6.07 Å². The van der Waals surface area contributed by atoms with Gasteiger partial charge in [0.25, 0.3) is 0 Å². The van der Waals surface area contributed by atoms with Crippen LogP contribution in [0.4, 0.5) is 11.5 Å². The molecule has 1 aromatic carbocycles. The molecule has 0 amide bonds. The number of aryl methyl sites for hydroxylation is 3. The summed E-state index contributed by atoms with van der Waals surface area (Å²) >= 11 is 13.8. The fourth-order valence-corrected chi connectivity index (χ4v) is 3.60. The molecular weight excluding hydrogens is 337 g/mol. The summed E-state index contributed by atoms with van der Waals surface area (Å²) < 4.78 is 0. The van der Waals surface area contributed by atoms with Gasteiger partial charge in [-0.25, -0.2) is 9.97 Å². The number of thiophene rings is 1. The SMILES string of the molecule is CCc1nc(Nc2ccc(Cl)c(Cl)c2)c2c(C)c(C)sc2n1. The fraction of sp³-hybridized carbons (Fsp3) is 0.250. The molecule has 0 aliphatic heterocycles. The minimum Gasteiger partial charge on any atom is -0.340 e. The predicted octanol–water partition coefficient (Wildman–Crippen LogP) is 5.92. The van der Waals surface area contributed by atoms with Crippen LogP contribution in [-0.4, -0.2) is 9.97 Å². The second kappa shape index (κ2) is 6.03. The molecule has 2 heterocycles. The topological polar surface area (TPSA) is 37.8 Å². The Kier molecular flexibility index (Phi) is 4.26. The van der Waals surface area contributed by atoms with E-state index in [1.165, 1.54) is 10.4 Å². The van der Waals surface area contributed by atoms with Crippen molar-refractivity contribution in [3.8, 4) is 0 Å². The van der Waals surface area contributed by atoms with E-state index in [-0.39, 0.29) is 0 Å². The predicted molar refractivity (Wildman–Crippen MR) is 96.0 cm³/mol. The summed E-state index contributed by atoms with van der Waals surface area (Å²) in [6.45, 7) is 6.26. The van der Waals surface area contributed by atoms with Gasteiger partial charge in [-0.05, 0) is 37.6 Å². The van der Waals surface area contributed by atoms with Crippen molar-refractivity contribution >= 4 is 56.3 Å². The van der Waals surface area contributed by atoms with E-state index >= 15 is 0 Å². The number of fused-ring (bicyclic) bond motifs is 1. The Balaban J connectivity index is 2.13. The first-order valence-corrected chi connectivity index (χ1v) is 8.55. The molecule has 3 nitrogen and oxygen atoms in total. The summed E-state index contributed by atoms with van der Waals surface area (Å²) in [5, 5.41) is 5.49. The first-order chi connectivity index (χ1) is 10.5. The molecule has 0 fully saturated rings. The molecule has 0 saturated heterocycles. The van der Waals surface area contributed by atoms with Crippen molar-refractivity contribution in [3.63, 3.8) is 0 Å². The summed E-state index contributed by atoms with van der Waals surface area (Å²) in [4.78, 5) is 11.6. The van der Waals surface area contributed by atoms with Gasteiger partial charge >= 0.3 is 0 Å². The number of hydrogen-bond acceptors (Lipinski definition) is 4. The zero-order chi connectivity index (χ0) is 15.9. The van der Waals surface area contributed by atoms with Gasteiger partial charge in [-0.15, -0.1) is 11.3 Å². The van der Waals surface area contributed by atoms with Crippen molar-refractivity contribution in [1.82, 2.24) is 9.97 Å². The lowest BCUT2D eigenvalue weighted by molar-refractivity contribution is 0.967. The smallest absolute Gasteiger partial charge is 0.143 e. The number of hydrogen-bond donors (Lipinski definition) is 1. The number of anilines is 2. The van der Waals surface area contributed by atoms with Gasteiger partial charge in [0.15, 0.2) is 0 Å². The van der Waals surface area contributed by atoms with Crippen LogP contribution in [0.25, 0.3) is 10.2 Å². The van der Waals surface area contributed by atoms with E-state index in [0.717, 1.165) is 34.0 Å². The Morgan fingerprint density at radius 1 is 1.14 bits per heavy atom. The highest BCUT2D eigenvalue weighted by molar-refractivity contribution is 7.18. The second-order valence-corrected chi connectivity index (χ2v) is 7.08. The fourth-order valence-electron chi connectivity index (χ4n) is 2.25. The first-order valence-electron chi connectivity index (χ1n) is 6.98. The van der Waals surface area contributed by atoms with Crippen LogP contribution >= 0.6 is 34.5 Å². The van der Waals surface area contributed by atoms with Crippen LogP contribution in [0.15, 0.2) is 18.2 Å². The van der Waals surface area contributed by atoms with Crippen molar-refractivity contribution in [3.05, 3.63) is 44.5 Å². The highest BCUT2D eigenvalue weighted by Gasteiger charge is 2.14. The molecular formula is C16H15Cl2N3S. The number of rotatable bonds is 3. The van der Waals surface area contributed by atoms with Crippen LogP contribution in [0, 0.1) is 13.8 Å². The third-order valence-corrected chi connectivity index (χ3v) is 5.41. The molecule has 0 atom stereocenters. The van der Waals surface area contributed by atoms with Gasteiger partial charge in [0.1, 0.15) is 16.5 Å². The molecule has 0 unspecified atom stereocenters. The number of aromatic nitrogens is 2. The molecule has 0 spiro atoms. The number of benzene rings is 1. The van der Waals surface area contributed by atoms with Crippen LogP contribution in [0.3, 0.4) is 0 Å². The van der Waals surface area contributed by atoms with Crippen LogP contribution in [-0.2, 0) is 6.42 Å². The minimum absolute atomic E-state index is 0.519. The molecule has 3 aromatic rings. The Labute approximate surface area is 143 Å². The Morgan fingerprint density at radius 2 is 1.91 bits per heavy atom. The van der Waals surface area contributed by atoms with Crippen LogP contribution in [0.1, 0.15) is 23.2 Å². The molecule has 2 aromatic heterocycles. The third kappa shape index (κ3) is 2.78. The Morgan fingerprint density at radius 3 is 2.59 bits per heavy atom. The van der Waals surface area contributed by atoms with Crippen molar-refractivity contribution in [1.29, 1.82) is 0 Å². The number of halogens is 2. The maximum absolute atomic E-state index is 6.09. The first kappa shape index (κ1) is 15.5. The normalized spacial score (nSPS) is 11.1. The Hall–Kier alpha value is -1.36. The van der Waals surface area contributed by atoms with Crippen LogP contribution in [0.5, 0.6) is 0 Å². The zero-order valence-corrected chi connectivity index (χ0v) is 14.8. The highest BCUT2D eigenvalue weighted by Crippen LogP contribution is 2.35. The summed E-state index contributed by atoms with van der Waals surface area (Å²) in [7, 11) is 0. The maximum atomic E-state index is 6.09. The molecule has 6 heteroatoms. The van der Waals surface area contributed by atoms with Crippen molar-refractivity contribution in [2.24, 2.45) is 0 Å². The Bertz CT molecular complexity index is 858. The van der Waals surface area contributed by atoms with Crippen LogP contribution < -0.4 is 5.32 Å². The average molecular weight is 352 g/mol. The average Bonchev–Trinajstić information content (AvgIpc) is 2.78. The van der Waals surface area contributed by atoms with Crippen molar-refractivity contribution in [2.45, 2.75) is 27.2 Å². The zero-order valence-electron chi connectivity index (χ0n) is 12.5. The van der Waals surface area contributed by atoms with Gasteiger partial charge in [-0.3, -0.25) is 0 Å². The summed E-state index contributed by atoms with van der Waals surface area (Å²) in [6, 6.07) is 5.47. The highest BCUT2D eigenvalue weighted by atomic mass is 35.5. The van der Waals surface area contributed by atoms with E-state index < -0.39 is 0 Å². The van der Waals surface area contributed by atoms with Crippen molar-refractivity contribution < 1.29 is 0 Å².